The van der Waals surface area contributed by atoms with Crippen molar-refractivity contribution < 1.29 is 19.5 Å². The molecule has 0 heterocycles. The molecule has 0 amide bonds. The first-order chi connectivity index (χ1) is 3.45. The summed E-state index contributed by atoms with van der Waals surface area (Å²) >= 11 is 0. The summed E-state index contributed by atoms with van der Waals surface area (Å²) in [5, 5.41) is 0. The van der Waals surface area contributed by atoms with Crippen molar-refractivity contribution >= 4 is 0 Å². The topological polar surface area (TPSA) is 0 Å². The fourth-order valence-electron chi connectivity index (χ4n) is 1.31. The fourth-order valence-corrected chi connectivity index (χ4v) is 1.31. The molecule has 44 valence electrons. The van der Waals surface area contributed by atoms with Crippen LogP contribution < -0.4 is 0 Å². The summed E-state index contributed by atoms with van der Waals surface area (Å²) in [6, 6.07) is 0. The zero-order valence-electron chi connectivity index (χ0n) is 4.63. The van der Waals surface area contributed by atoms with Crippen LogP contribution in [0.2, 0.25) is 0 Å². The standard InChI is InChI=1S/C7H8.Ru/c1-2-7-4-3-6(1)5-7;/h1-2H,3-5H2;. The molecule has 2 rings (SSSR count). The van der Waals surface area contributed by atoms with Gasteiger partial charge in [0.05, 0.1) is 0 Å². The maximum Gasteiger partial charge on any atom is 0 e. The minimum atomic E-state index is 0. The predicted molar refractivity (Wildman–Crippen MR) is 30.0 cm³/mol. The summed E-state index contributed by atoms with van der Waals surface area (Å²) in [5.74, 6) is 0. The van der Waals surface area contributed by atoms with Crippen LogP contribution in [0.4, 0.5) is 0 Å². The molecular formula is C7H8Ru. The molecule has 0 unspecified atom stereocenters. The molecule has 0 saturated heterocycles. The third kappa shape index (κ3) is 0.799. The molecular weight excluding hydrogens is 185 g/mol. The monoisotopic (exact) mass is 194 g/mol. The van der Waals surface area contributed by atoms with E-state index >= 15 is 0 Å². The molecule has 1 fully saturated rings. The van der Waals surface area contributed by atoms with E-state index in [1.54, 1.807) is 11.1 Å². The van der Waals surface area contributed by atoms with E-state index in [-0.39, 0.29) is 19.5 Å². The van der Waals surface area contributed by atoms with Crippen LogP contribution in [0.15, 0.2) is 23.3 Å². The average Bonchev–Trinajstić information content (AvgIpc) is 2.22. The van der Waals surface area contributed by atoms with Crippen molar-refractivity contribution in [1.29, 1.82) is 0 Å². The number of hydrogen-bond donors (Lipinski definition) is 0. The quantitative estimate of drug-likeness (QED) is 0.516. The van der Waals surface area contributed by atoms with Gasteiger partial charge in [0.25, 0.3) is 0 Å². The number of hydrogen-bond acceptors (Lipinski definition) is 0. The predicted octanol–water partition coefficient (Wildman–Crippen LogP) is 2.03. The number of rotatable bonds is 0. The first-order valence-electron chi connectivity index (χ1n) is 2.82. The Morgan fingerprint density at radius 3 is 1.62 bits per heavy atom. The number of fused-ring (bicyclic) bond motifs is 2. The largest absolute Gasteiger partial charge is 0.0658 e. The molecule has 2 aliphatic rings. The maximum absolute atomic E-state index is 2.26. The van der Waals surface area contributed by atoms with Gasteiger partial charge in [-0.15, -0.1) is 0 Å². The molecule has 0 nitrogen and oxygen atoms in total. The first-order valence-corrected chi connectivity index (χ1v) is 2.82. The van der Waals surface area contributed by atoms with Crippen LogP contribution in [0.25, 0.3) is 0 Å². The molecule has 2 aliphatic carbocycles. The summed E-state index contributed by atoms with van der Waals surface area (Å²) in [7, 11) is 0. The Morgan fingerprint density at radius 1 is 1.00 bits per heavy atom. The average molecular weight is 193 g/mol. The van der Waals surface area contributed by atoms with Crippen LogP contribution in [-0.2, 0) is 19.5 Å². The van der Waals surface area contributed by atoms with Crippen molar-refractivity contribution in [2.24, 2.45) is 0 Å². The Kier molecular flexibility index (Phi) is 1.67. The van der Waals surface area contributed by atoms with E-state index in [1.165, 1.54) is 19.3 Å². The fraction of sp³-hybridized carbons (Fsp3) is 0.429. The maximum atomic E-state index is 2.26. The van der Waals surface area contributed by atoms with Gasteiger partial charge in [0.15, 0.2) is 0 Å². The van der Waals surface area contributed by atoms with E-state index in [0.717, 1.165) is 0 Å². The van der Waals surface area contributed by atoms with Crippen molar-refractivity contribution in [2.45, 2.75) is 19.3 Å². The summed E-state index contributed by atoms with van der Waals surface area (Å²) in [5.41, 5.74) is 3.30. The first kappa shape index (κ1) is 6.23. The molecule has 0 spiro atoms. The van der Waals surface area contributed by atoms with Crippen LogP contribution in [0.3, 0.4) is 0 Å². The molecule has 0 atom stereocenters. The van der Waals surface area contributed by atoms with Gasteiger partial charge in [0, 0.05) is 19.5 Å². The van der Waals surface area contributed by atoms with E-state index in [9.17, 15) is 0 Å². The van der Waals surface area contributed by atoms with E-state index in [2.05, 4.69) is 12.2 Å². The molecule has 0 radical (unpaired) electrons. The summed E-state index contributed by atoms with van der Waals surface area (Å²) < 4.78 is 0. The normalized spacial score (nSPS) is 22.0. The van der Waals surface area contributed by atoms with Gasteiger partial charge in [-0.05, 0) is 19.3 Å². The minimum absolute atomic E-state index is 0. The van der Waals surface area contributed by atoms with Crippen LogP contribution in [0.5, 0.6) is 0 Å². The molecule has 1 heteroatoms. The molecule has 0 aromatic heterocycles. The van der Waals surface area contributed by atoms with Crippen molar-refractivity contribution in [3.8, 4) is 0 Å². The van der Waals surface area contributed by atoms with Gasteiger partial charge in [0.2, 0.25) is 0 Å². The van der Waals surface area contributed by atoms with Crippen LogP contribution >= 0.6 is 0 Å². The molecule has 2 bridgehead atoms. The molecule has 0 N–H and O–H groups in total. The second kappa shape index (κ2) is 2.15. The Hall–Kier alpha value is 0.103. The van der Waals surface area contributed by atoms with E-state index < -0.39 is 0 Å². The second-order valence-electron chi connectivity index (χ2n) is 2.33. The summed E-state index contributed by atoms with van der Waals surface area (Å²) in [6.07, 6.45) is 8.54. The third-order valence-electron chi connectivity index (χ3n) is 1.78. The van der Waals surface area contributed by atoms with Gasteiger partial charge in [-0.2, -0.15) is 0 Å². The molecule has 0 aliphatic heterocycles. The Morgan fingerprint density at radius 2 is 1.50 bits per heavy atom. The van der Waals surface area contributed by atoms with Gasteiger partial charge in [-0.3, -0.25) is 0 Å². The van der Waals surface area contributed by atoms with Crippen LogP contribution in [-0.4, -0.2) is 0 Å². The van der Waals surface area contributed by atoms with Gasteiger partial charge < -0.3 is 0 Å². The van der Waals surface area contributed by atoms with E-state index in [0.29, 0.717) is 0 Å². The van der Waals surface area contributed by atoms with Crippen LogP contribution in [0.1, 0.15) is 19.3 Å². The van der Waals surface area contributed by atoms with Gasteiger partial charge in [0.1, 0.15) is 0 Å². The third-order valence-corrected chi connectivity index (χ3v) is 1.78. The Balaban J connectivity index is 0.000000320. The van der Waals surface area contributed by atoms with Gasteiger partial charge >= 0.3 is 0 Å². The SMILES string of the molecule is C1=C2CCC(=C1)C2.[Ru]. The molecule has 8 heavy (non-hydrogen) atoms. The molecule has 0 aromatic carbocycles. The minimum Gasteiger partial charge on any atom is -0.0658 e. The van der Waals surface area contributed by atoms with Crippen molar-refractivity contribution in [3.05, 3.63) is 23.3 Å². The van der Waals surface area contributed by atoms with Crippen molar-refractivity contribution in [2.75, 3.05) is 0 Å². The van der Waals surface area contributed by atoms with E-state index in [4.69, 9.17) is 0 Å². The van der Waals surface area contributed by atoms with Gasteiger partial charge in [-0.1, -0.05) is 23.3 Å². The Labute approximate surface area is 62.4 Å². The zero-order chi connectivity index (χ0) is 4.69. The molecule has 1 saturated carbocycles. The zero-order valence-corrected chi connectivity index (χ0v) is 6.37. The summed E-state index contributed by atoms with van der Waals surface area (Å²) in [4.78, 5) is 0. The second-order valence-corrected chi connectivity index (χ2v) is 2.33. The molecule has 0 aromatic rings. The van der Waals surface area contributed by atoms with E-state index in [1.807, 2.05) is 0 Å². The van der Waals surface area contributed by atoms with Crippen molar-refractivity contribution in [1.82, 2.24) is 0 Å². The number of allylic oxidation sites excluding steroid dienone is 4. The Bertz CT molecular complexity index is 136. The van der Waals surface area contributed by atoms with Crippen LogP contribution in [0, 0.1) is 0 Å². The van der Waals surface area contributed by atoms with Gasteiger partial charge in [-0.25, -0.2) is 0 Å². The van der Waals surface area contributed by atoms with Crippen molar-refractivity contribution in [3.63, 3.8) is 0 Å². The summed E-state index contributed by atoms with van der Waals surface area (Å²) in [6.45, 7) is 0. The smallest absolute Gasteiger partial charge is 0 e.